The quantitative estimate of drug-likeness (QED) is 0.683. The third-order valence-corrected chi connectivity index (χ3v) is 2.13. The van der Waals surface area contributed by atoms with E-state index in [4.69, 9.17) is 4.74 Å². The van der Waals surface area contributed by atoms with Gasteiger partial charge < -0.3 is 9.53 Å². The van der Waals surface area contributed by atoms with Crippen LogP contribution in [0.3, 0.4) is 0 Å². The first-order chi connectivity index (χ1) is 6.74. The van der Waals surface area contributed by atoms with Gasteiger partial charge in [-0.1, -0.05) is 19.1 Å². The molecule has 0 aliphatic rings. The molecule has 0 aromatic heterocycles. The van der Waals surface area contributed by atoms with Gasteiger partial charge in [0.05, 0.1) is 12.7 Å². The summed E-state index contributed by atoms with van der Waals surface area (Å²) in [7, 11) is 1.50. The lowest BCUT2D eigenvalue weighted by atomic mass is 9.97. The first-order valence-electron chi connectivity index (χ1n) is 4.32. The molecule has 0 aliphatic heterocycles. The van der Waals surface area contributed by atoms with Gasteiger partial charge in [-0.2, -0.15) is 0 Å². The number of aldehydes is 2. The molecule has 0 heterocycles. The highest BCUT2D eigenvalue weighted by Crippen LogP contribution is 2.25. The Morgan fingerprint density at radius 1 is 1.36 bits per heavy atom. The Balaban J connectivity index is 3.28. The zero-order valence-electron chi connectivity index (χ0n) is 8.19. The number of benzene rings is 1. The zero-order valence-corrected chi connectivity index (χ0v) is 8.19. The molecule has 3 heteroatoms. The molecule has 0 spiro atoms. The number of ether oxygens (including phenoxy) is 1. The van der Waals surface area contributed by atoms with E-state index in [0.717, 1.165) is 6.29 Å². The van der Waals surface area contributed by atoms with Gasteiger partial charge in [0.2, 0.25) is 0 Å². The standard InChI is InChI=1S/C11H12O3/c1-8(6-12)9-4-3-5-11(14-2)10(9)7-13/h3-8H,1-2H3. The van der Waals surface area contributed by atoms with Gasteiger partial charge in [0.1, 0.15) is 12.0 Å². The van der Waals surface area contributed by atoms with Crippen LogP contribution in [0.25, 0.3) is 0 Å². The van der Waals surface area contributed by atoms with Gasteiger partial charge in [0, 0.05) is 5.92 Å². The van der Waals surface area contributed by atoms with Crippen LogP contribution in [0.15, 0.2) is 18.2 Å². The Labute approximate surface area is 82.7 Å². The van der Waals surface area contributed by atoms with E-state index in [1.807, 2.05) is 0 Å². The van der Waals surface area contributed by atoms with E-state index in [9.17, 15) is 9.59 Å². The van der Waals surface area contributed by atoms with E-state index in [-0.39, 0.29) is 5.92 Å². The number of methoxy groups -OCH3 is 1. The first kappa shape index (κ1) is 10.4. The molecule has 0 bridgehead atoms. The Bertz CT molecular complexity index is 344. The van der Waals surface area contributed by atoms with Gasteiger partial charge in [-0.3, -0.25) is 4.79 Å². The molecule has 1 aromatic rings. The molecule has 0 saturated carbocycles. The van der Waals surface area contributed by atoms with Crippen LogP contribution in [0.5, 0.6) is 5.75 Å². The summed E-state index contributed by atoms with van der Waals surface area (Å²) < 4.78 is 5.02. The minimum atomic E-state index is -0.287. The lowest BCUT2D eigenvalue weighted by Gasteiger charge is -2.10. The molecular formula is C11H12O3. The van der Waals surface area contributed by atoms with Crippen molar-refractivity contribution in [2.75, 3.05) is 7.11 Å². The lowest BCUT2D eigenvalue weighted by molar-refractivity contribution is -0.108. The second-order valence-corrected chi connectivity index (χ2v) is 3.01. The molecule has 14 heavy (non-hydrogen) atoms. The van der Waals surface area contributed by atoms with Crippen LogP contribution < -0.4 is 4.74 Å². The fourth-order valence-corrected chi connectivity index (χ4v) is 1.34. The van der Waals surface area contributed by atoms with E-state index in [1.165, 1.54) is 7.11 Å². The summed E-state index contributed by atoms with van der Waals surface area (Å²) in [5, 5.41) is 0. The highest BCUT2D eigenvalue weighted by Gasteiger charge is 2.12. The van der Waals surface area contributed by atoms with Crippen LogP contribution in [0.1, 0.15) is 28.8 Å². The molecule has 0 radical (unpaired) electrons. The van der Waals surface area contributed by atoms with Crippen LogP contribution in [0, 0.1) is 0 Å². The molecule has 1 atom stereocenters. The maximum absolute atomic E-state index is 10.8. The predicted octanol–water partition coefficient (Wildman–Crippen LogP) is 1.81. The SMILES string of the molecule is COc1cccc(C(C)C=O)c1C=O. The number of rotatable bonds is 4. The molecule has 1 rings (SSSR count). The Morgan fingerprint density at radius 3 is 2.57 bits per heavy atom. The van der Waals surface area contributed by atoms with Crippen LogP contribution in [-0.4, -0.2) is 19.7 Å². The van der Waals surface area contributed by atoms with E-state index >= 15 is 0 Å². The molecule has 1 unspecified atom stereocenters. The topological polar surface area (TPSA) is 43.4 Å². The van der Waals surface area contributed by atoms with Gasteiger partial charge in [-0.15, -0.1) is 0 Å². The molecule has 0 N–H and O–H groups in total. The number of carbonyl (C=O) groups is 2. The highest BCUT2D eigenvalue weighted by molar-refractivity contribution is 5.84. The van der Waals surface area contributed by atoms with Crippen molar-refractivity contribution in [1.82, 2.24) is 0 Å². The van der Waals surface area contributed by atoms with Crippen LogP contribution >= 0.6 is 0 Å². The summed E-state index contributed by atoms with van der Waals surface area (Å²) in [4.78, 5) is 21.4. The number of carbonyl (C=O) groups excluding carboxylic acids is 2. The van der Waals surface area contributed by atoms with Gasteiger partial charge >= 0.3 is 0 Å². The first-order valence-corrected chi connectivity index (χ1v) is 4.32. The van der Waals surface area contributed by atoms with Gasteiger partial charge in [0.15, 0.2) is 6.29 Å². The summed E-state index contributed by atoms with van der Waals surface area (Å²) in [5.41, 5.74) is 1.16. The lowest BCUT2D eigenvalue weighted by Crippen LogP contribution is -2.01. The summed E-state index contributed by atoms with van der Waals surface area (Å²) in [6.07, 6.45) is 1.52. The summed E-state index contributed by atoms with van der Waals surface area (Å²) in [6.45, 7) is 1.74. The van der Waals surface area contributed by atoms with Gasteiger partial charge in [-0.25, -0.2) is 0 Å². The fourth-order valence-electron chi connectivity index (χ4n) is 1.34. The average Bonchev–Trinajstić information content (AvgIpc) is 2.26. The average molecular weight is 192 g/mol. The van der Waals surface area contributed by atoms with Crippen molar-refractivity contribution in [3.8, 4) is 5.75 Å². The summed E-state index contributed by atoms with van der Waals surface area (Å²) >= 11 is 0. The number of hydrogen-bond donors (Lipinski definition) is 0. The van der Waals surface area contributed by atoms with Crippen molar-refractivity contribution in [2.24, 2.45) is 0 Å². The number of hydrogen-bond acceptors (Lipinski definition) is 3. The minimum Gasteiger partial charge on any atom is -0.496 e. The zero-order chi connectivity index (χ0) is 10.6. The van der Waals surface area contributed by atoms with Crippen LogP contribution in [-0.2, 0) is 4.79 Å². The van der Waals surface area contributed by atoms with Crippen molar-refractivity contribution in [2.45, 2.75) is 12.8 Å². The normalized spacial score (nSPS) is 11.9. The van der Waals surface area contributed by atoms with Crippen molar-refractivity contribution >= 4 is 12.6 Å². The monoisotopic (exact) mass is 192 g/mol. The maximum Gasteiger partial charge on any atom is 0.154 e. The molecule has 0 saturated heterocycles. The molecule has 1 aromatic carbocycles. The maximum atomic E-state index is 10.8. The van der Waals surface area contributed by atoms with Crippen LogP contribution in [0.4, 0.5) is 0 Å². The summed E-state index contributed by atoms with van der Waals surface area (Å²) in [6, 6.07) is 5.22. The molecule has 3 nitrogen and oxygen atoms in total. The molecule has 0 amide bonds. The Kier molecular flexibility index (Phi) is 3.40. The second kappa shape index (κ2) is 4.56. The molecular weight excluding hydrogens is 180 g/mol. The fraction of sp³-hybridized carbons (Fsp3) is 0.273. The van der Waals surface area contributed by atoms with Crippen molar-refractivity contribution in [3.63, 3.8) is 0 Å². The smallest absolute Gasteiger partial charge is 0.154 e. The molecule has 0 aliphatic carbocycles. The highest BCUT2D eigenvalue weighted by atomic mass is 16.5. The van der Waals surface area contributed by atoms with E-state index in [0.29, 0.717) is 23.2 Å². The minimum absolute atomic E-state index is 0.287. The predicted molar refractivity (Wildman–Crippen MR) is 52.9 cm³/mol. The Morgan fingerprint density at radius 2 is 2.07 bits per heavy atom. The summed E-state index contributed by atoms with van der Waals surface area (Å²) in [5.74, 6) is 0.219. The second-order valence-electron chi connectivity index (χ2n) is 3.01. The van der Waals surface area contributed by atoms with Gasteiger partial charge in [0.25, 0.3) is 0 Å². The van der Waals surface area contributed by atoms with Crippen LogP contribution in [0.2, 0.25) is 0 Å². The van der Waals surface area contributed by atoms with E-state index in [1.54, 1.807) is 25.1 Å². The molecule has 0 fully saturated rings. The van der Waals surface area contributed by atoms with Gasteiger partial charge in [-0.05, 0) is 11.6 Å². The third-order valence-electron chi connectivity index (χ3n) is 2.13. The largest absolute Gasteiger partial charge is 0.496 e. The van der Waals surface area contributed by atoms with Crippen molar-refractivity contribution < 1.29 is 14.3 Å². The third kappa shape index (κ3) is 1.82. The van der Waals surface area contributed by atoms with E-state index < -0.39 is 0 Å². The molecule has 74 valence electrons. The van der Waals surface area contributed by atoms with Crippen molar-refractivity contribution in [3.05, 3.63) is 29.3 Å². The van der Waals surface area contributed by atoms with E-state index in [2.05, 4.69) is 0 Å². The van der Waals surface area contributed by atoms with Crippen molar-refractivity contribution in [1.29, 1.82) is 0 Å². The Hall–Kier alpha value is -1.64.